The highest BCUT2D eigenvalue weighted by Crippen LogP contribution is 2.12. The number of ether oxygens (including phenoxy) is 1. The van der Waals surface area contributed by atoms with E-state index in [1.807, 2.05) is 20.8 Å². The smallest absolute Gasteiger partial charge is 0.407 e. The molecule has 1 heterocycles. The molecule has 2 unspecified atom stereocenters. The molecule has 1 aliphatic rings. The average molecular weight is 370 g/mol. The lowest BCUT2D eigenvalue weighted by atomic mass is 10.2. The second-order valence-corrected chi connectivity index (χ2v) is 7.84. The van der Waals surface area contributed by atoms with Gasteiger partial charge in [-0.1, -0.05) is 13.8 Å². The zero-order chi connectivity index (χ0) is 19.7. The Morgan fingerprint density at radius 2 is 1.96 bits per heavy atom. The molecule has 1 fully saturated rings. The summed E-state index contributed by atoms with van der Waals surface area (Å²) in [7, 11) is 0. The monoisotopic (exact) mass is 369 g/mol. The maximum Gasteiger partial charge on any atom is 0.407 e. The Bertz CT molecular complexity index is 457. The molecule has 0 aromatic rings. The van der Waals surface area contributed by atoms with Crippen molar-refractivity contribution in [3.8, 4) is 0 Å². The molecule has 0 aromatic carbocycles. The minimum Gasteiger partial charge on any atom is -0.444 e. The number of guanidine groups is 1. The fourth-order valence-electron chi connectivity index (χ4n) is 3.15. The zero-order valence-electron chi connectivity index (χ0n) is 17.8. The van der Waals surface area contributed by atoms with Gasteiger partial charge in [-0.25, -0.2) is 4.79 Å². The van der Waals surface area contributed by atoms with Gasteiger partial charge in [0.2, 0.25) is 0 Å². The van der Waals surface area contributed by atoms with Crippen LogP contribution in [0.2, 0.25) is 0 Å². The van der Waals surface area contributed by atoms with Gasteiger partial charge in [0, 0.05) is 25.7 Å². The summed E-state index contributed by atoms with van der Waals surface area (Å²) in [6.07, 6.45) is 0.552. The molecule has 0 aromatic heterocycles. The Hall–Kier alpha value is -1.50. The highest BCUT2D eigenvalue weighted by atomic mass is 16.6. The largest absolute Gasteiger partial charge is 0.444 e. The van der Waals surface area contributed by atoms with Crippen molar-refractivity contribution < 1.29 is 9.53 Å². The maximum absolute atomic E-state index is 12.0. The first-order chi connectivity index (χ1) is 12.2. The fourth-order valence-corrected chi connectivity index (χ4v) is 3.15. The van der Waals surface area contributed by atoms with Gasteiger partial charge in [0.15, 0.2) is 5.96 Å². The van der Waals surface area contributed by atoms with Crippen LogP contribution in [0.4, 0.5) is 4.79 Å². The molecule has 26 heavy (non-hydrogen) atoms. The summed E-state index contributed by atoms with van der Waals surface area (Å²) in [5, 5.41) is 6.35. The minimum atomic E-state index is -0.473. The van der Waals surface area contributed by atoms with E-state index in [9.17, 15) is 4.79 Å². The van der Waals surface area contributed by atoms with E-state index >= 15 is 0 Å². The van der Waals surface area contributed by atoms with Crippen LogP contribution in [-0.4, -0.2) is 78.8 Å². The number of carbonyl (C=O) groups is 1. The summed E-state index contributed by atoms with van der Waals surface area (Å²) in [5.74, 6) is 0.931. The van der Waals surface area contributed by atoms with Crippen LogP contribution in [0.5, 0.6) is 0 Å². The van der Waals surface area contributed by atoms with Crippen molar-refractivity contribution in [2.75, 3.05) is 39.3 Å². The molecular weight excluding hydrogens is 330 g/mol. The van der Waals surface area contributed by atoms with Gasteiger partial charge in [0.1, 0.15) is 5.60 Å². The molecule has 2 N–H and O–H groups in total. The van der Waals surface area contributed by atoms with E-state index in [2.05, 4.69) is 48.1 Å². The van der Waals surface area contributed by atoms with Gasteiger partial charge < -0.3 is 20.3 Å². The lowest BCUT2D eigenvalue weighted by Gasteiger charge is -2.27. The van der Waals surface area contributed by atoms with Crippen molar-refractivity contribution >= 4 is 12.1 Å². The molecule has 0 bridgehead atoms. The van der Waals surface area contributed by atoms with Crippen molar-refractivity contribution in [2.45, 2.75) is 72.6 Å². The predicted molar refractivity (Wildman–Crippen MR) is 108 cm³/mol. The normalized spacial score (nSPS) is 19.6. The summed E-state index contributed by atoms with van der Waals surface area (Å²) in [4.78, 5) is 21.4. The van der Waals surface area contributed by atoms with Crippen LogP contribution in [0.1, 0.15) is 54.9 Å². The zero-order valence-corrected chi connectivity index (χ0v) is 17.8. The standard InChI is InChI=1S/C19H39N5O2/c1-8-20-17(21-13-15(4)23(9-2)10-3)24-12-11-16(14-24)22-18(25)26-19(5,6)7/h15-16H,8-14H2,1-7H3,(H,20,21)(H,22,25). The van der Waals surface area contributed by atoms with Crippen LogP contribution in [0.25, 0.3) is 0 Å². The number of rotatable bonds is 7. The van der Waals surface area contributed by atoms with E-state index in [0.29, 0.717) is 6.04 Å². The lowest BCUT2D eigenvalue weighted by molar-refractivity contribution is 0.0507. The van der Waals surface area contributed by atoms with E-state index < -0.39 is 5.60 Å². The molecule has 1 amide bonds. The Balaban J connectivity index is 2.60. The van der Waals surface area contributed by atoms with Crippen LogP contribution in [0.15, 0.2) is 4.99 Å². The molecule has 1 aliphatic heterocycles. The second-order valence-electron chi connectivity index (χ2n) is 7.84. The van der Waals surface area contributed by atoms with Gasteiger partial charge in [0.05, 0.1) is 12.6 Å². The number of alkyl carbamates (subject to hydrolysis) is 1. The number of hydrogen-bond acceptors (Lipinski definition) is 4. The summed E-state index contributed by atoms with van der Waals surface area (Å²) < 4.78 is 5.35. The molecule has 2 atom stereocenters. The number of hydrogen-bond donors (Lipinski definition) is 2. The third-order valence-electron chi connectivity index (χ3n) is 4.48. The predicted octanol–water partition coefficient (Wildman–Crippen LogP) is 2.28. The molecule has 0 saturated carbocycles. The fraction of sp³-hybridized carbons (Fsp3) is 0.895. The number of nitrogens with one attached hydrogen (secondary N) is 2. The number of carbonyl (C=O) groups excluding carboxylic acids is 1. The van der Waals surface area contributed by atoms with E-state index in [1.54, 1.807) is 0 Å². The van der Waals surface area contributed by atoms with Gasteiger partial charge >= 0.3 is 6.09 Å². The number of aliphatic imine (C=N–C) groups is 1. The molecule has 0 spiro atoms. The molecule has 152 valence electrons. The van der Waals surface area contributed by atoms with Crippen molar-refractivity contribution in [1.82, 2.24) is 20.4 Å². The Labute approximate surface area is 159 Å². The maximum atomic E-state index is 12.0. The van der Waals surface area contributed by atoms with Crippen LogP contribution in [0, 0.1) is 0 Å². The first-order valence-corrected chi connectivity index (χ1v) is 9.96. The Morgan fingerprint density at radius 1 is 1.31 bits per heavy atom. The van der Waals surface area contributed by atoms with E-state index in [-0.39, 0.29) is 12.1 Å². The van der Waals surface area contributed by atoms with Gasteiger partial charge in [-0.3, -0.25) is 9.89 Å². The van der Waals surface area contributed by atoms with Crippen molar-refractivity contribution in [3.05, 3.63) is 0 Å². The van der Waals surface area contributed by atoms with Crippen molar-refractivity contribution in [1.29, 1.82) is 0 Å². The average Bonchev–Trinajstić information content (AvgIpc) is 2.98. The first-order valence-electron chi connectivity index (χ1n) is 9.96. The topological polar surface area (TPSA) is 69.2 Å². The highest BCUT2D eigenvalue weighted by molar-refractivity contribution is 5.80. The van der Waals surface area contributed by atoms with Gasteiger partial charge in [-0.2, -0.15) is 0 Å². The third kappa shape index (κ3) is 7.81. The van der Waals surface area contributed by atoms with Crippen LogP contribution in [-0.2, 0) is 4.74 Å². The molecular formula is C19H39N5O2. The number of likely N-dealkylation sites (tertiary alicyclic amines) is 1. The molecule has 0 radical (unpaired) electrons. The molecule has 7 heteroatoms. The van der Waals surface area contributed by atoms with Crippen LogP contribution >= 0.6 is 0 Å². The second kappa shape index (κ2) is 10.6. The quantitative estimate of drug-likeness (QED) is 0.532. The SMILES string of the molecule is CCNC(=NCC(C)N(CC)CC)N1CCC(NC(=O)OC(C)(C)C)C1. The minimum absolute atomic E-state index is 0.0916. The summed E-state index contributed by atoms with van der Waals surface area (Å²) in [6.45, 7) is 19.6. The van der Waals surface area contributed by atoms with Crippen LogP contribution < -0.4 is 10.6 Å². The summed E-state index contributed by atoms with van der Waals surface area (Å²) in [5.41, 5.74) is -0.473. The molecule has 7 nitrogen and oxygen atoms in total. The van der Waals surface area contributed by atoms with Gasteiger partial charge in [0.25, 0.3) is 0 Å². The third-order valence-corrected chi connectivity index (χ3v) is 4.48. The number of likely N-dealkylation sites (N-methyl/N-ethyl adjacent to an activating group) is 1. The van der Waals surface area contributed by atoms with E-state index in [4.69, 9.17) is 9.73 Å². The molecule has 1 saturated heterocycles. The summed E-state index contributed by atoms with van der Waals surface area (Å²) in [6, 6.07) is 0.505. The van der Waals surface area contributed by atoms with Crippen molar-refractivity contribution in [3.63, 3.8) is 0 Å². The van der Waals surface area contributed by atoms with E-state index in [1.165, 1.54) is 0 Å². The first kappa shape index (κ1) is 22.5. The van der Waals surface area contributed by atoms with Gasteiger partial charge in [-0.15, -0.1) is 0 Å². The highest BCUT2D eigenvalue weighted by Gasteiger charge is 2.28. The molecule has 1 rings (SSSR count). The molecule has 0 aliphatic carbocycles. The number of nitrogens with zero attached hydrogens (tertiary/aromatic N) is 3. The number of amides is 1. The Kier molecular flexibility index (Phi) is 9.19. The van der Waals surface area contributed by atoms with E-state index in [0.717, 1.165) is 51.6 Å². The van der Waals surface area contributed by atoms with Gasteiger partial charge in [-0.05, 0) is 54.1 Å². The lowest BCUT2D eigenvalue weighted by Crippen LogP contribution is -2.44. The van der Waals surface area contributed by atoms with Crippen LogP contribution in [0.3, 0.4) is 0 Å². The van der Waals surface area contributed by atoms with Crippen molar-refractivity contribution in [2.24, 2.45) is 4.99 Å². The summed E-state index contributed by atoms with van der Waals surface area (Å²) >= 11 is 0. The Morgan fingerprint density at radius 3 is 2.50 bits per heavy atom.